The maximum atomic E-state index is 11.1. The summed E-state index contributed by atoms with van der Waals surface area (Å²) in [5, 5.41) is 0. The molecule has 2 N–H and O–H groups in total. The number of hydrogen-bond donors (Lipinski definition) is 1. The van der Waals surface area contributed by atoms with Gasteiger partial charge in [-0.3, -0.25) is 0 Å². The summed E-state index contributed by atoms with van der Waals surface area (Å²) >= 11 is 3.44. The largest absolute Gasteiger partial charge is 0.489 e. The minimum absolute atomic E-state index is 0.247. The van der Waals surface area contributed by atoms with E-state index in [-0.39, 0.29) is 8.61 Å². The number of nitrogens with zero attached hydrogens (tertiary/aromatic N) is 1. The standard InChI is InChI=1S/C16H18BrN2O2P/c1-3-12-5-4-6-15(19(18)22-20)14(12)10-21-16-8-7-13(17)9-11(16)2/h4-9H,3,10,18H2,1-2H3. The van der Waals surface area contributed by atoms with E-state index in [2.05, 4.69) is 22.9 Å². The lowest BCUT2D eigenvalue weighted by molar-refractivity contribution is 0.303. The first kappa shape index (κ1) is 16.9. The van der Waals surface area contributed by atoms with E-state index < -0.39 is 0 Å². The number of hydrazine groups is 1. The average molecular weight is 381 g/mol. The molecule has 0 bridgehead atoms. The fourth-order valence-electron chi connectivity index (χ4n) is 2.30. The molecule has 0 unspecified atom stereocenters. The van der Waals surface area contributed by atoms with Crippen LogP contribution in [-0.2, 0) is 17.6 Å². The molecule has 0 radical (unpaired) electrons. The van der Waals surface area contributed by atoms with E-state index in [9.17, 15) is 4.57 Å². The zero-order valence-electron chi connectivity index (χ0n) is 12.5. The summed E-state index contributed by atoms with van der Waals surface area (Å²) in [5.74, 6) is 6.61. The Bertz CT molecular complexity index is 679. The van der Waals surface area contributed by atoms with Gasteiger partial charge in [-0.2, -0.15) is 0 Å². The van der Waals surface area contributed by atoms with E-state index in [1.807, 2.05) is 43.3 Å². The highest BCUT2D eigenvalue weighted by Gasteiger charge is 2.13. The van der Waals surface area contributed by atoms with Crippen molar-refractivity contribution < 1.29 is 9.30 Å². The highest BCUT2D eigenvalue weighted by atomic mass is 79.9. The molecule has 2 rings (SSSR count). The molecule has 0 aliphatic heterocycles. The van der Waals surface area contributed by atoms with Crippen LogP contribution < -0.4 is 15.4 Å². The highest BCUT2D eigenvalue weighted by molar-refractivity contribution is 9.10. The SMILES string of the molecule is CCc1cccc(N(N)P=O)c1COc1ccc(Br)cc1C. The van der Waals surface area contributed by atoms with E-state index in [0.29, 0.717) is 12.3 Å². The molecule has 0 atom stereocenters. The van der Waals surface area contributed by atoms with Crippen LogP contribution in [0.1, 0.15) is 23.6 Å². The number of aryl methyl sites for hydroxylation is 2. The summed E-state index contributed by atoms with van der Waals surface area (Å²) in [4.78, 5) is 0. The second-order valence-electron chi connectivity index (χ2n) is 4.89. The first-order chi connectivity index (χ1) is 10.6. The second-order valence-corrected chi connectivity index (χ2v) is 6.40. The van der Waals surface area contributed by atoms with Gasteiger partial charge >= 0.3 is 0 Å². The van der Waals surface area contributed by atoms with Crippen molar-refractivity contribution in [2.45, 2.75) is 26.9 Å². The van der Waals surface area contributed by atoms with Gasteiger partial charge in [-0.15, -0.1) is 0 Å². The molecule has 0 amide bonds. The topological polar surface area (TPSA) is 55.6 Å². The van der Waals surface area contributed by atoms with E-state index >= 15 is 0 Å². The predicted octanol–water partition coefficient (Wildman–Crippen LogP) is 4.79. The van der Waals surface area contributed by atoms with Gasteiger partial charge in [-0.25, -0.2) is 15.2 Å². The Morgan fingerprint density at radius 2 is 2.09 bits per heavy atom. The van der Waals surface area contributed by atoms with Crippen LogP contribution >= 0.6 is 24.5 Å². The van der Waals surface area contributed by atoms with Gasteiger partial charge in [-0.05, 0) is 48.7 Å². The number of benzene rings is 2. The lowest BCUT2D eigenvalue weighted by Crippen LogP contribution is -2.21. The van der Waals surface area contributed by atoms with Crippen molar-refractivity contribution in [1.82, 2.24) is 0 Å². The van der Waals surface area contributed by atoms with Crippen molar-refractivity contribution in [1.29, 1.82) is 0 Å². The number of anilines is 1. The molecule has 0 aromatic heterocycles. The van der Waals surface area contributed by atoms with E-state index in [1.165, 1.54) is 4.78 Å². The molecule has 2 aromatic carbocycles. The van der Waals surface area contributed by atoms with Gasteiger partial charge in [-0.1, -0.05) is 35.0 Å². The lowest BCUT2D eigenvalue weighted by Gasteiger charge is -2.18. The molecule has 0 saturated heterocycles. The Hall–Kier alpha value is -1.42. The van der Waals surface area contributed by atoms with Gasteiger partial charge in [0.1, 0.15) is 12.4 Å². The molecule has 2 aromatic rings. The molecule has 116 valence electrons. The molecular weight excluding hydrogens is 363 g/mol. The van der Waals surface area contributed by atoms with Crippen molar-refractivity contribution in [3.05, 3.63) is 57.6 Å². The van der Waals surface area contributed by atoms with Crippen LogP contribution in [0.2, 0.25) is 0 Å². The Labute approximate surface area is 140 Å². The predicted molar refractivity (Wildman–Crippen MR) is 93.3 cm³/mol. The Morgan fingerprint density at radius 1 is 1.32 bits per heavy atom. The smallest absolute Gasteiger partial charge is 0.297 e. The van der Waals surface area contributed by atoms with Gasteiger partial charge in [0.15, 0.2) is 0 Å². The summed E-state index contributed by atoms with van der Waals surface area (Å²) in [6.45, 7) is 4.45. The summed E-state index contributed by atoms with van der Waals surface area (Å²) in [5.41, 5.74) is 3.85. The second kappa shape index (κ2) is 7.73. The molecule has 0 saturated carbocycles. The van der Waals surface area contributed by atoms with Crippen LogP contribution in [-0.4, -0.2) is 0 Å². The van der Waals surface area contributed by atoms with E-state index in [1.54, 1.807) is 0 Å². The molecule has 0 fully saturated rings. The van der Waals surface area contributed by atoms with Crippen LogP contribution in [0.25, 0.3) is 0 Å². The lowest BCUT2D eigenvalue weighted by atomic mass is 10.0. The van der Waals surface area contributed by atoms with Crippen molar-refractivity contribution in [3.63, 3.8) is 0 Å². The average Bonchev–Trinajstić information content (AvgIpc) is 2.53. The third kappa shape index (κ3) is 3.86. The van der Waals surface area contributed by atoms with Crippen LogP contribution in [0.15, 0.2) is 40.9 Å². The van der Waals surface area contributed by atoms with Gasteiger partial charge in [0.2, 0.25) is 0 Å². The highest BCUT2D eigenvalue weighted by Crippen LogP contribution is 2.29. The number of nitrogens with two attached hydrogens (primary N) is 1. The Balaban J connectivity index is 2.29. The first-order valence-electron chi connectivity index (χ1n) is 6.94. The molecular formula is C16H18BrN2O2P. The van der Waals surface area contributed by atoms with E-state index in [0.717, 1.165) is 33.3 Å². The van der Waals surface area contributed by atoms with Crippen molar-refractivity contribution in [3.8, 4) is 5.75 Å². The molecule has 0 aliphatic carbocycles. The molecule has 22 heavy (non-hydrogen) atoms. The zero-order chi connectivity index (χ0) is 16.1. The molecule has 0 aliphatic rings. The van der Waals surface area contributed by atoms with Gasteiger partial charge < -0.3 is 4.74 Å². The Kier molecular flexibility index (Phi) is 5.95. The third-order valence-corrected chi connectivity index (χ3v) is 4.36. The number of rotatable bonds is 6. The molecule has 0 spiro atoms. The summed E-state index contributed by atoms with van der Waals surface area (Å²) in [6.07, 6.45) is 0.857. The number of halogens is 1. The minimum atomic E-state index is -0.247. The molecule has 4 nitrogen and oxygen atoms in total. The molecule has 6 heteroatoms. The summed E-state index contributed by atoms with van der Waals surface area (Å²) < 4.78 is 19.2. The van der Waals surface area contributed by atoms with E-state index in [4.69, 9.17) is 10.6 Å². The summed E-state index contributed by atoms with van der Waals surface area (Å²) in [6, 6.07) is 11.7. The normalized spacial score (nSPS) is 10.7. The summed E-state index contributed by atoms with van der Waals surface area (Å²) in [7, 11) is -0.247. The fourth-order valence-corrected chi connectivity index (χ4v) is 3.05. The van der Waals surface area contributed by atoms with Gasteiger partial charge in [0, 0.05) is 10.0 Å². The fraction of sp³-hybridized carbons (Fsp3) is 0.250. The first-order valence-corrected chi connectivity index (χ1v) is 8.50. The van der Waals surface area contributed by atoms with Crippen LogP contribution in [0.4, 0.5) is 5.69 Å². The van der Waals surface area contributed by atoms with Gasteiger partial charge in [0.05, 0.1) is 5.69 Å². The maximum Gasteiger partial charge on any atom is 0.297 e. The minimum Gasteiger partial charge on any atom is -0.489 e. The van der Waals surface area contributed by atoms with Crippen LogP contribution in [0.3, 0.4) is 0 Å². The molecule has 0 heterocycles. The van der Waals surface area contributed by atoms with Crippen molar-refractivity contribution in [2.75, 3.05) is 4.78 Å². The third-order valence-electron chi connectivity index (χ3n) is 3.47. The van der Waals surface area contributed by atoms with Crippen LogP contribution in [0.5, 0.6) is 5.75 Å². The van der Waals surface area contributed by atoms with Crippen LogP contribution in [0, 0.1) is 6.92 Å². The number of hydrogen-bond acceptors (Lipinski definition) is 3. The van der Waals surface area contributed by atoms with Crippen molar-refractivity contribution in [2.24, 2.45) is 5.84 Å². The van der Waals surface area contributed by atoms with Crippen molar-refractivity contribution >= 4 is 30.2 Å². The zero-order valence-corrected chi connectivity index (χ0v) is 15.0. The Morgan fingerprint density at radius 3 is 2.73 bits per heavy atom. The van der Waals surface area contributed by atoms with Gasteiger partial charge in [0.25, 0.3) is 8.61 Å². The maximum absolute atomic E-state index is 11.1. The monoisotopic (exact) mass is 380 g/mol. The number of ether oxygens (including phenoxy) is 1. The quantitative estimate of drug-likeness (QED) is 0.444.